The number of carbonyl (C=O) groups excluding carboxylic acids is 1. The summed E-state index contributed by atoms with van der Waals surface area (Å²) in [4.78, 5) is 12.5. The van der Waals surface area contributed by atoms with Gasteiger partial charge in [0.05, 0.1) is 12.3 Å². The molecule has 1 heterocycles. The molecule has 0 unspecified atom stereocenters. The van der Waals surface area contributed by atoms with E-state index < -0.39 is 5.91 Å². The number of ether oxygens (including phenoxy) is 2. The van der Waals surface area contributed by atoms with Crippen LogP contribution in [0, 0.1) is 18.3 Å². The molecule has 7 heteroatoms. The number of para-hydroxylation sites is 1. The molecule has 7 nitrogen and oxygen atoms in total. The number of nitriles is 1. The molecule has 0 aliphatic rings. The summed E-state index contributed by atoms with van der Waals surface area (Å²) < 4.78 is 12.4. The molecule has 1 aromatic heterocycles. The van der Waals surface area contributed by atoms with Crippen molar-refractivity contribution in [2.45, 2.75) is 6.92 Å². The second-order valence-electron chi connectivity index (χ2n) is 7.21. The Labute approximate surface area is 193 Å². The minimum absolute atomic E-state index is 0.0115. The molecule has 3 aromatic rings. The van der Waals surface area contributed by atoms with Crippen LogP contribution >= 0.6 is 0 Å². The number of benzene rings is 2. The first kappa shape index (κ1) is 23.5. The fourth-order valence-electron chi connectivity index (χ4n) is 3.20. The van der Waals surface area contributed by atoms with Crippen molar-refractivity contribution in [3.8, 4) is 28.8 Å². The first-order valence-electron chi connectivity index (χ1n) is 10.5. The van der Waals surface area contributed by atoms with Crippen molar-refractivity contribution in [1.82, 2.24) is 15.1 Å². The number of aromatic nitrogens is 2. The van der Waals surface area contributed by atoms with Crippen LogP contribution in [0.1, 0.15) is 11.1 Å². The molecule has 0 saturated carbocycles. The largest absolute Gasteiger partial charge is 0.489 e. The minimum Gasteiger partial charge on any atom is -0.489 e. The number of hydrogen-bond acceptors (Lipinski definition) is 5. The summed E-state index contributed by atoms with van der Waals surface area (Å²) in [5.74, 6) is 0.297. The zero-order valence-electron chi connectivity index (χ0n) is 18.7. The van der Waals surface area contributed by atoms with Crippen LogP contribution in [-0.2, 0) is 9.53 Å². The minimum atomic E-state index is -0.461. The SMILES string of the molecule is C=CCOc1ccc(-c2nn(-c3ccccc3)cc2C=C(C#N)C(=O)NCCOC)cc1C. The van der Waals surface area contributed by atoms with Crippen LogP contribution in [0.2, 0.25) is 0 Å². The van der Waals surface area contributed by atoms with Gasteiger partial charge in [-0.25, -0.2) is 4.68 Å². The van der Waals surface area contributed by atoms with Gasteiger partial charge in [-0.3, -0.25) is 4.79 Å². The molecule has 0 aliphatic carbocycles. The number of amides is 1. The van der Waals surface area contributed by atoms with Crippen molar-refractivity contribution in [2.24, 2.45) is 0 Å². The number of aryl methyl sites for hydroxylation is 1. The molecular formula is C26H26N4O3. The molecule has 2 aromatic carbocycles. The Kier molecular flexibility index (Phi) is 8.17. The summed E-state index contributed by atoms with van der Waals surface area (Å²) in [7, 11) is 1.55. The van der Waals surface area contributed by atoms with E-state index in [0.29, 0.717) is 31.0 Å². The average Bonchev–Trinajstić information content (AvgIpc) is 3.26. The fourth-order valence-corrected chi connectivity index (χ4v) is 3.20. The van der Waals surface area contributed by atoms with E-state index in [1.54, 1.807) is 23.9 Å². The van der Waals surface area contributed by atoms with Crippen molar-refractivity contribution in [2.75, 3.05) is 26.9 Å². The smallest absolute Gasteiger partial charge is 0.262 e. The molecule has 0 atom stereocenters. The lowest BCUT2D eigenvalue weighted by Gasteiger charge is -2.09. The third-order valence-electron chi connectivity index (χ3n) is 4.82. The summed E-state index contributed by atoms with van der Waals surface area (Å²) in [6.45, 7) is 6.73. The van der Waals surface area contributed by atoms with Crippen molar-refractivity contribution >= 4 is 12.0 Å². The van der Waals surface area contributed by atoms with E-state index in [4.69, 9.17) is 14.6 Å². The highest BCUT2D eigenvalue weighted by molar-refractivity contribution is 6.02. The molecule has 1 N–H and O–H groups in total. The van der Waals surface area contributed by atoms with Gasteiger partial charge in [0.15, 0.2) is 0 Å². The third-order valence-corrected chi connectivity index (χ3v) is 4.82. The molecule has 0 fully saturated rings. The third kappa shape index (κ3) is 5.97. The van der Waals surface area contributed by atoms with Crippen LogP contribution in [-0.4, -0.2) is 42.6 Å². The summed E-state index contributed by atoms with van der Waals surface area (Å²) in [6.07, 6.45) is 5.06. The Hall–Kier alpha value is -4.15. The molecule has 0 radical (unpaired) electrons. The Morgan fingerprint density at radius 2 is 2.06 bits per heavy atom. The van der Waals surface area contributed by atoms with Gasteiger partial charge in [-0.05, 0) is 48.9 Å². The van der Waals surface area contributed by atoms with Gasteiger partial charge in [0.2, 0.25) is 0 Å². The lowest BCUT2D eigenvalue weighted by atomic mass is 10.0. The van der Waals surface area contributed by atoms with Crippen LogP contribution in [0.3, 0.4) is 0 Å². The lowest BCUT2D eigenvalue weighted by Crippen LogP contribution is -2.27. The maximum Gasteiger partial charge on any atom is 0.262 e. The predicted octanol–water partition coefficient (Wildman–Crippen LogP) is 4.08. The highest BCUT2D eigenvalue weighted by Crippen LogP contribution is 2.30. The molecule has 1 amide bonds. The maximum absolute atomic E-state index is 12.5. The maximum atomic E-state index is 12.5. The molecule has 33 heavy (non-hydrogen) atoms. The molecule has 3 rings (SSSR count). The van der Waals surface area contributed by atoms with Gasteiger partial charge in [-0.2, -0.15) is 10.4 Å². The van der Waals surface area contributed by atoms with Gasteiger partial charge in [0.25, 0.3) is 5.91 Å². The normalized spacial score (nSPS) is 11.0. The summed E-state index contributed by atoms with van der Waals surface area (Å²) in [5.41, 5.74) is 3.94. The first-order valence-corrected chi connectivity index (χ1v) is 10.5. The molecule has 0 bridgehead atoms. The number of nitrogens with one attached hydrogen (secondary N) is 1. The Bertz CT molecular complexity index is 1190. The van der Waals surface area contributed by atoms with E-state index in [9.17, 15) is 10.1 Å². The predicted molar refractivity (Wildman–Crippen MR) is 128 cm³/mol. The van der Waals surface area contributed by atoms with Gasteiger partial charge < -0.3 is 14.8 Å². The van der Waals surface area contributed by atoms with Crippen LogP contribution in [0.25, 0.3) is 23.0 Å². The average molecular weight is 443 g/mol. The van der Waals surface area contributed by atoms with Gasteiger partial charge >= 0.3 is 0 Å². The standard InChI is InChI=1S/C26H26N4O3/c1-4-13-33-24-11-10-20(15-19(24)2)25-22(16-21(17-27)26(31)28-12-14-32-3)18-30(29-25)23-8-6-5-7-9-23/h4-11,15-16,18H,1,12-14H2,2-3H3,(H,28,31). The molecule has 0 aliphatic heterocycles. The first-order chi connectivity index (χ1) is 16.1. The zero-order chi connectivity index (χ0) is 23.6. The van der Waals surface area contributed by atoms with E-state index in [1.807, 2.05) is 67.7 Å². The van der Waals surface area contributed by atoms with Crippen molar-refractivity contribution in [3.05, 3.63) is 84.1 Å². The highest BCUT2D eigenvalue weighted by atomic mass is 16.5. The van der Waals surface area contributed by atoms with Gasteiger partial charge in [-0.1, -0.05) is 30.9 Å². The van der Waals surface area contributed by atoms with Gasteiger partial charge in [0, 0.05) is 31.0 Å². The second kappa shape index (κ2) is 11.5. The van der Waals surface area contributed by atoms with Crippen LogP contribution in [0.15, 0.2) is 73.0 Å². The van der Waals surface area contributed by atoms with Crippen LogP contribution in [0.4, 0.5) is 0 Å². The number of methoxy groups -OCH3 is 1. The summed E-state index contributed by atoms with van der Waals surface area (Å²) in [5, 5.41) is 17.0. The summed E-state index contributed by atoms with van der Waals surface area (Å²) in [6, 6.07) is 17.4. The molecular weight excluding hydrogens is 416 g/mol. The number of carbonyl (C=O) groups is 1. The van der Waals surface area contributed by atoms with E-state index >= 15 is 0 Å². The van der Waals surface area contributed by atoms with Crippen molar-refractivity contribution in [3.63, 3.8) is 0 Å². The van der Waals surface area contributed by atoms with E-state index in [-0.39, 0.29) is 5.57 Å². The van der Waals surface area contributed by atoms with Crippen molar-refractivity contribution < 1.29 is 14.3 Å². The fraction of sp³-hybridized carbons (Fsp3) is 0.192. The topological polar surface area (TPSA) is 89.2 Å². The molecule has 0 spiro atoms. The Balaban J connectivity index is 2.04. The van der Waals surface area contributed by atoms with Gasteiger partial charge in [0.1, 0.15) is 29.7 Å². The van der Waals surface area contributed by atoms with Gasteiger partial charge in [-0.15, -0.1) is 0 Å². The molecule has 168 valence electrons. The van der Waals surface area contributed by atoms with Crippen LogP contribution in [0.5, 0.6) is 5.75 Å². The lowest BCUT2D eigenvalue weighted by molar-refractivity contribution is -0.117. The van der Waals surface area contributed by atoms with E-state index in [2.05, 4.69) is 11.9 Å². The Morgan fingerprint density at radius 3 is 2.73 bits per heavy atom. The summed E-state index contributed by atoms with van der Waals surface area (Å²) >= 11 is 0. The van der Waals surface area contributed by atoms with E-state index in [1.165, 1.54) is 0 Å². The van der Waals surface area contributed by atoms with Crippen molar-refractivity contribution in [1.29, 1.82) is 5.26 Å². The monoisotopic (exact) mass is 442 g/mol. The second-order valence-corrected chi connectivity index (χ2v) is 7.21. The highest BCUT2D eigenvalue weighted by Gasteiger charge is 2.16. The molecule has 0 saturated heterocycles. The van der Waals surface area contributed by atoms with E-state index in [0.717, 1.165) is 22.6 Å². The number of nitrogens with zero attached hydrogens (tertiary/aromatic N) is 3. The number of hydrogen-bond donors (Lipinski definition) is 1. The Morgan fingerprint density at radius 1 is 1.27 bits per heavy atom. The quantitative estimate of drug-likeness (QED) is 0.221. The van der Waals surface area contributed by atoms with Crippen LogP contribution < -0.4 is 10.1 Å². The number of rotatable bonds is 10. The zero-order valence-corrected chi connectivity index (χ0v) is 18.7.